The van der Waals surface area contributed by atoms with Gasteiger partial charge in [0.1, 0.15) is 5.82 Å². The highest BCUT2D eigenvalue weighted by atomic mass is 19.1. The molecule has 112 valence electrons. The zero-order valence-corrected chi connectivity index (χ0v) is 11.7. The summed E-state index contributed by atoms with van der Waals surface area (Å²) in [5.74, 6) is 0.511. The van der Waals surface area contributed by atoms with E-state index in [2.05, 4.69) is 0 Å². The fourth-order valence-corrected chi connectivity index (χ4v) is 2.37. The van der Waals surface area contributed by atoms with E-state index in [9.17, 15) is 14.5 Å². The molecular formula is C16H12FNO4. The Morgan fingerprint density at radius 2 is 1.95 bits per heavy atom. The second kappa shape index (κ2) is 5.48. The van der Waals surface area contributed by atoms with Crippen LogP contribution in [0.3, 0.4) is 0 Å². The molecular weight excluding hydrogens is 289 g/mol. The van der Waals surface area contributed by atoms with Crippen LogP contribution in [0, 0.1) is 15.9 Å². The number of fused-ring (bicyclic) bond motifs is 1. The lowest BCUT2D eigenvalue weighted by Gasteiger charge is -2.24. The van der Waals surface area contributed by atoms with E-state index in [1.54, 1.807) is 18.2 Å². The van der Waals surface area contributed by atoms with E-state index in [0.29, 0.717) is 22.6 Å². The lowest BCUT2D eigenvalue weighted by molar-refractivity contribution is -0.434. The SMILES string of the molecule is COc1cccc2c1O[C@H](c1ccc(F)cc1)C([N+](=O)[O-])=C2. The van der Waals surface area contributed by atoms with Gasteiger partial charge in [-0.05, 0) is 18.2 Å². The van der Waals surface area contributed by atoms with Crippen LogP contribution in [0.1, 0.15) is 17.2 Å². The van der Waals surface area contributed by atoms with Gasteiger partial charge in [-0.3, -0.25) is 10.1 Å². The molecule has 0 aromatic heterocycles. The Kier molecular flexibility index (Phi) is 3.50. The number of halogens is 1. The minimum Gasteiger partial charge on any atom is -0.493 e. The van der Waals surface area contributed by atoms with Gasteiger partial charge >= 0.3 is 0 Å². The number of hydrogen-bond donors (Lipinski definition) is 0. The van der Waals surface area contributed by atoms with Crippen molar-refractivity contribution in [1.82, 2.24) is 0 Å². The molecule has 0 aliphatic carbocycles. The molecule has 1 heterocycles. The molecule has 6 heteroatoms. The first-order valence-electron chi connectivity index (χ1n) is 6.55. The molecule has 0 radical (unpaired) electrons. The van der Waals surface area contributed by atoms with Crippen LogP contribution in [-0.2, 0) is 0 Å². The summed E-state index contributed by atoms with van der Waals surface area (Å²) in [5, 5.41) is 11.3. The first-order valence-corrected chi connectivity index (χ1v) is 6.55. The summed E-state index contributed by atoms with van der Waals surface area (Å²) in [6.07, 6.45) is 0.537. The Morgan fingerprint density at radius 3 is 2.59 bits per heavy atom. The van der Waals surface area contributed by atoms with E-state index < -0.39 is 16.8 Å². The summed E-state index contributed by atoms with van der Waals surface area (Å²) in [5.41, 5.74) is 0.970. The molecule has 0 unspecified atom stereocenters. The molecule has 22 heavy (non-hydrogen) atoms. The van der Waals surface area contributed by atoms with Gasteiger partial charge in [0, 0.05) is 17.2 Å². The van der Waals surface area contributed by atoms with Gasteiger partial charge in [0.05, 0.1) is 12.0 Å². The Balaban J connectivity index is 2.11. The van der Waals surface area contributed by atoms with E-state index in [0.717, 1.165) is 0 Å². The van der Waals surface area contributed by atoms with Gasteiger partial charge in [0.2, 0.25) is 6.10 Å². The first kappa shape index (κ1) is 14.1. The van der Waals surface area contributed by atoms with Crippen molar-refractivity contribution in [2.24, 2.45) is 0 Å². The minimum atomic E-state index is -0.917. The summed E-state index contributed by atoms with van der Waals surface area (Å²) in [7, 11) is 1.50. The van der Waals surface area contributed by atoms with E-state index in [1.807, 2.05) is 0 Å². The van der Waals surface area contributed by atoms with Crippen LogP contribution in [0.25, 0.3) is 6.08 Å². The molecule has 0 amide bonds. The van der Waals surface area contributed by atoms with Crippen LogP contribution in [0.2, 0.25) is 0 Å². The summed E-state index contributed by atoms with van der Waals surface area (Å²) in [6.45, 7) is 0. The van der Waals surface area contributed by atoms with E-state index in [1.165, 1.54) is 37.5 Å². The predicted octanol–water partition coefficient (Wildman–Crippen LogP) is 3.59. The molecule has 5 nitrogen and oxygen atoms in total. The lowest BCUT2D eigenvalue weighted by Crippen LogP contribution is -2.20. The van der Waals surface area contributed by atoms with Gasteiger partial charge in [0.15, 0.2) is 11.5 Å². The summed E-state index contributed by atoms with van der Waals surface area (Å²) >= 11 is 0. The molecule has 2 aromatic carbocycles. The number of rotatable bonds is 3. The van der Waals surface area contributed by atoms with Crippen LogP contribution in [0.15, 0.2) is 48.2 Å². The second-order valence-corrected chi connectivity index (χ2v) is 4.75. The average Bonchev–Trinajstić information content (AvgIpc) is 2.53. The molecule has 1 aliphatic rings. The molecule has 0 saturated carbocycles. The van der Waals surface area contributed by atoms with Crippen molar-refractivity contribution in [2.45, 2.75) is 6.10 Å². The third-order valence-electron chi connectivity index (χ3n) is 3.42. The third-order valence-corrected chi connectivity index (χ3v) is 3.42. The Morgan fingerprint density at radius 1 is 1.23 bits per heavy atom. The van der Waals surface area contributed by atoms with Crippen LogP contribution in [-0.4, -0.2) is 12.0 Å². The highest BCUT2D eigenvalue weighted by Crippen LogP contribution is 2.42. The molecule has 1 atom stereocenters. The Hall–Kier alpha value is -2.89. The maximum absolute atomic E-state index is 13.1. The molecule has 3 rings (SSSR count). The largest absolute Gasteiger partial charge is 0.493 e. The average molecular weight is 301 g/mol. The van der Waals surface area contributed by atoms with E-state index >= 15 is 0 Å². The van der Waals surface area contributed by atoms with Gasteiger partial charge < -0.3 is 9.47 Å². The Bertz CT molecular complexity index is 755. The zero-order valence-electron chi connectivity index (χ0n) is 11.7. The fraction of sp³-hybridized carbons (Fsp3) is 0.125. The van der Waals surface area contributed by atoms with Crippen molar-refractivity contribution < 1.29 is 18.8 Å². The molecule has 0 spiro atoms. The fourth-order valence-electron chi connectivity index (χ4n) is 2.37. The topological polar surface area (TPSA) is 61.6 Å². The molecule has 1 aliphatic heterocycles. The van der Waals surface area contributed by atoms with Gasteiger partial charge in [0.25, 0.3) is 5.70 Å². The van der Waals surface area contributed by atoms with Crippen LogP contribution in [0.5, 0.6) is 11.5 Å². The van der Waals surface area contributed by atoms with Crippen molar-refractivity contribution in [3.63, 3.8) is 0 Å². The van der Waals surface area contributed by atoms with Crippen molar-refractivity contribution >= 4 is 6.08 Å². The highest BCUT2D eigenvalue weighted by Gasteiger charge is 2.34. The molecule has 0 saturated heterocycles. The monoisotopic (exact) mass is 301 g/mol. The van der Waals surface area contributed by atoms with Crippen molar-refractivity contribution in [3.8, 4) is 11.5 Å². The number of ether oxygens (including phenoxy) is 2. The first-order chi connectivity index (χ1) is 10.6. The predicted molar refractivity (Wildman–Crippen MR) is 77.7 cm³/mol. The minimum absolute atomic E-state index is 0.104. The molecule has 0 N–H and O–H groups in total. The lowest BCUT2D eigenvalue weighted by atomic mass is 10.0. The summed E-state index contributed by atoms with van der Waals surface area (Å²) in [6, 6.07) is 10.6. The third kappa shape index (κ3) is 2.39. The smallest absolute Gasteiger partial charge is 0.291 e. The quantitative estimate of drug-likeness (QED) is 0.642. The number of nitrogens with zero attached hydrogens (tertiary/aromatic N) is 1. The van der Waals surface area contributed by atoms with Gasteiger partial charge in [-0.15, -0.1) is 0 Å². The zero-order chi connectivity index (χ0) is 15.7. The number of hydrogen-bond acceptors (Lipinski definition) is 4. The van der Waals surface area contributed by atoms with E-state index in [-0.39, 0.29) is 5.70 Å². The maximum Gasteiger partial charge on any atom is 0.291 e. The number of methoxy groups -OCH3 is 1. The van der Waals surface area contributed by atoms with Crippen molar-refractivity contribution in [3.05, 3.63) is 75.2 Å². The number of benzene rings is 2. The van der Waals surface area contributed by atoms with Crippen LogP contribution in [0.4, 0.5) is 4.39 Å². The molecule has 2 aromatic rings. The highest BCUT2D eigenvalue weighted by molar-refractivity contribution is 5.66. The maximum atomic E-state index is 13.1. The summed E-state index contributed by atoms with van der Waals surface area (Å²) in [4.78, 5) is 10.8. The number of para-hydroxylation sites is 1. The van der Waals surface area contributed by atoms with Gasteiger partial charge in [-0.25, -0.2) is 4.39 Å². The molecule has 0 bridgehead atoms. The Labute approximate surface area is 125 Å². The molecule has 0 fully saturated rings. The summed E-state index contributed by atoms with van der Waals surface area (Å²) < 4.78 is 24.1. The van der Waals surface area contributed by atoms with Crippen molar-refractivity contribution in [1.29, 1.82) is 0 Å². The standard InChI is InChI=1S/C16H12FNO4/c1-21-14-4-2-3-11-9-13(18(19)20)15(22-16(11)14)10-5-7-12(17)8-6-10/h2-9,15H,1H3/t15-/m1/s1. The van der Waals surface area contributed by atoms with Gasteiger partial charge in [-0.1, -0.05) is 24.3 Å². The van der Waals surface area contributed by atoms with Crippen molar-refractivity contribution in [2.75, 3.05) is 7.11 Å². The van der Waals surface area contributed by atoms with Crippen LogP contribution < -0.4 is 9.47 Å². The number of nitro groups is 1. The second-order valence-electron chi connectivity index (χ2n) is 4.75. The van der Waals surface area contributed by atoms with E-state index in [4.69, 9.17) is 9.47 Å². The van der Waals surface area contributed by atoms with Gasteiger partial charge in [-0.2, -0.15) is 0 Å². The van der Waals surface area contributed by atoms with Crippen LogP contribution >= 0.6 is 0 Å². The normalized spacial score (nSPS) is 16.3.